The lowest BCUT2D eigenvalue weighted by atomic mass is 10.2. The molecule has 17 heavy (non-hydrogen) atoms. The quantitative estimate of drug-likeness (QED) is 0.671. The van der Waals surface area contributed by atoms with Crippen LogP contribution >= 0.6 is 31.9 Å². The molecule has 0 bridgehead atoms. The minimum absolute atomic E-state index is 0.446. The standard InChI is InChI=1S/C10H6Br2N4O/c1-16-8-5(2-4(11)3-6(8)12)7-9(16)13-10(17)15-14-7/h2-3H,1H3,(H,13,15,17). The lowest BCUT2D eigenvalue weighted by molar-refractivity contribution is 0.917. The summed E-state index contributed by atoms with van der Waals surface area (Å²) in [6, 6.07) is 3.90. The van der Waals surface area contributed by atoms with Gasteiger partial charge in [-0.1, -0.05) is 15.9 Å². The van der Waals surface area contributed by atoms with E-state index in [0.717, 1.165) is 19.8 Å². The highest BCUT2D eigenvalue weighted by Gasteiger charge is 2.14. The molecule has 0 atom stereocenters. The van der Waals surface area contributed by atoms with Crippen LogP contribution < -0.4 is 5.69 Å². The fourth-order valence-corrected chi connectivity index (χ4v) is 3.43. The number of aromatic nitrogens is 4. The topological polar surface area (TPSA) is 63.6 Å². The lowest BCUT2D eigenvalue weighted by Crippen LogP contribution is -2.12. The van der Waals surface area contributed by atoms with Gasteiger partial charge in [0.05, 0.1) is 5.52 Å². The fraction of sp³-hybridized carbons (Fsp3) is 0.100. The minimum Gasteiger partial charge on any atom is -0.326 e. The Balaban J connectivity index is 2.68. The highest BCUT2D eigenvalue weighted by Crippen LogP contribution is 2.33. The first kappa shape index (κ1) is 10.9. The molecule has 3 aromatic rings. The van der Waals surface area contributed by atoms with E-state index in [0.29, 0.717) is 11.2 Å². The van der Waals surface area contributed by atoms with Crippen molar-refractivity contribution in [1.82, 2.24) is 19.7 Å². The smallest absolute Gasteiger partial charge is 0.326 e. The molecule has 2 heterocycles. The summed E-state index contributed by atoms with van der Waals surface area (Å²) >= 11 is 6.93. The number of hydrogen-bond acceptors (Lipinski definition) is 3. The molecule has 0 spiro atoms. The average Bonchev–Trinajstić information content (AvgIpc) is 2.52. The van der Waals surface area contributed by atoms with Gasteiger partial charge < -0.3 is 4.57 Å². The maximum Gasteiger partial charge on any atom is 0.363 e. The third-order valence-corrected chi connectivity index (χ3v) is 3.68. The van der Waals surface area contributed by atoms with Crippen LogP contribution in [0.5, 0.6) is 0 Å². The summed E-state index contributed by atoms with van der Waals surface area (Å²) in [5.74, 6) is 0. The van der Waals surface area contributed by atoms with Crippen molar-refractivity contribution in [3.63, 3.8) is 0 Å². The van der Waals surface area contributed by atoms with Crippen molar-refractivity contribution in [2.75, 3.05) is 0 Å². The number of fused-ring (bicyclic) bond motifs is 3. The van der Waals surface area contributed by atoms with Gasteiger partial charge in [0, 0.05) is 21.4 Å². The first-order chi connectivity index (χ1) is 8.08. The number of hydrogen-bond donors (Lipinski definition) is 1. The number of H-pyrrole nitrogens is 1. The van der Waals surface area contributed by atoms with E-state index >= 15 is 0 Å². The molecule has 0 aliphatic rings. The van der Waals surface area contributed by atoms with Crippen LogP contribution in [-0.4, -0.2) is 19.7 Å². The van der Waals surface area contributed by atoms with Gasteiger partial charge in [-0.15, -0.1) is 0 Å². The van der Waals surface area contributed by atoms with Gasteiger partial charge in [-0.25, -0.2) is 9.89 Å². The number of aryl methyl sites for hydroxylation is 1. The average molecular weight is 358 g/mol. The first-order valence-corrected chi connectivity index (χ1v) is 6.36. The summed E-state index contributed by atoms with van der Waals surface area (Å²) in [6.45, 7) is 0. The second kappa shape index (κ2) is 3.64. The molecule has 0 saturated heterocycles. The Hall–Kier alpha value is -1.21. The summed E-state index contributed by atoms with van der Waals surface area (Å²) in [5.41, 5.74) is 1.77. The SMILES string of the molecule is Cn1c2nc(=O)[nH]nc2c2cc(Br)cc(Br)c21. The number of benzene rings is 1. The van der Waals surface area contributed by atoms with Gasteiger partial charge in [-0.3, -0.25) is 0 Å². The largest absolute Gasteiger partial charge is 0.363 e. The number of nitrogens with one attached hydrogen (secondary N) is 1. The molecule has 0 aliphatic carbocycles. The zero-order chi connectivity index (χ0) is 12.2. The summed E-state index contributed by atoms with van der Waals surface area (Å²) in [4.78, 5) is 15.1. The number of rotatable bonds is 0. The second-order valence-electron chi connectivity index (χ2n) is 3.66. The van der Waals surface area contributed by atoms with Gasteiger partial charge in [0.1, 0.15) is 5.52 Å². The lowest BCUT2D eigenvalue weighted by Gasteiger charge is -1.99. The molecule has 0 radical (unpaired) electrons. The molecule has 0 fully saturated rings. The Morgan fingerprint density at radius 3 is 2.88 bits per heavy atom. The molecule has 86 valence electrons. The van der Waals surface area contributed by atoms with Crippen molar-refractivity contribution in [3.8, 4) is 0 Å². The van der Waals surface area contributed by atoms with Crippen molar-refractivity contribution < 1.29 is 0 Å². The highest BCUT2D eigenvalue weighted by atomic mass is 79.9. The molecule has 7 heteroatoms. The number of nitrogens with zero attached hydrogens (tertiary/aromatic N) is 3. The Bertz CT molecular complexity index is 805. The van der Waals surface area contributed by atoms with Crippen molar-refractivity contribution in [2.24, 2.45) is 7.05 Å². The van der Waals surface area contributed by atoms with E-state index in [1.165, 1.54) is 0 Å². The zero-order valence-corrected chi connectivity index (χ0v) is 11.8. The van der Waals surface area contributed by atoms with Crippen LogP contribution in [0.2, 0.25) is 0 Å². The fourth-order valence-electron chi connectivity index (χ4n) is 1.94. The van der Waals surface area contributed by atoms with Crippen molar-refractivity contribution >= 4 is 53.9 Å². The maximum absolute atomic E-state index is 11.2. The molecule has 3 rings (SSSR count). The van der Waals surface area contributed by atoms with Gasteiger partial charge in [0.15, 0.2) is 5.65 Å². The van der Waals surface area contributed by atoms with E-state index < -0.39 is 5.69 Å². The van der Waals surface area contributed by atoms with E-state index in [-0.39, 0.29) is 0 Å². The normalized spacial score (nSPS) is 11.5. The molecule has 0 unspecified atom stereocenters. The van der Waals surface area contributed by atoms with Crippen molar-refractivity contribution in [2.45, 2.75) is 0 Å². The van der Waals surface area contributed by atoms with Crippen LogP contribution in [0.4, 0.5) is 0 Å². The van der Waals surface area contributed by atoms with Crippen LogP contribution in [0.25, 0.3) is 22.1 Å². The van der Waals surface area contributed by atoms with Crippen molar-refractivity contribution in [3.05, 3.63) is 31.6 Å². The Labute approximate surface area is 112 Å². The van der Waals surface area contributed by atoms with Crippen LogP contribution in [0.3, 0.4) is 0 Å². The summed E-state index contributed by atoms with van der Waals surface area (Å²) in [6.07, 6.45) is 0. The predicted molar refractivity (Wildman–Crippen MR) is 72.0 cm³/mol. The van der Waals surface area contributed by atoms with Gasteiger partial charge in [-0.2, -0.15) is 10.1 Å². The van der Waals surface area contributed by atoms with Gasteiger partial charge in [-0.05, 0) is 28.1 Å². The first-order valence-electron chi connectivity index (χ1n) is 4.78. The zero-order valence-electron chi connectivity index (χ0n) is 8.66. The molecule has 1 aromatic carbocycles. The van der Waals surface area contributed by atoms with E-state index in [1.54, 1.807) is 0 Å². The van der Waals surface area contributed by atoms with E-state index in [2.05, 4.69) is 47.0 Å². The summed E-state index contributed by atoms with van der Waals surface area (Å²) < 4.78 is 3.72. The van der Waals surface area contributed by atoms with Crippen LogP contribution in [-0.2, 0) is 7.05 Å². The van der Waals surface area contributed by atoms with Gasteiger partial charge in [0.2, 0.25) is 0 Å². The molecule has 0 aliphatic heterocycles. The van der Waals surface area contributed by atoms with Crippen molar-refractivity contribution in [1.29, 1.82) is 0 Å². The highest BCUT2D eigenvalue weighted by molar-refractivity contribution is 9.11. The molecule has 0 amide bonds. The second-order valence-corrected chi connectivity index (χ2v) is 5.43. The van der Waals surface area contributed by atoms with Crippen LogP contribution in [0, 0.1) is 0 Å². The third kappa shape index (κ3) is 1.53. The van der Waals surface area contributed by atoms with Crippen LogP contribution in [0.15, 0.2) is 25.9 Å². The molecule has 2 aromatic heterocycles. The van der Waals surface area contributed by atoms with Gasteiger partial charge >= 0.3 is 5.69 Å². The minimum atomic E-state index is -0.446. The molecular formula is C10H6Br2N4O. The van der Waals surface area contributed by atoms with Crippen LogP contribution in [0.1, 0.15) is 0 Å². The predicted octanol–water partition coefficient (Wildman–Crippen LogP) is 2.33. The summed E-state index contributed by atoms with van der Waals surface area (Å²) in [5, 5.41) is 7.34. The summed E-state index contributed by atoms with van der Waals surface area (Å²) in [7, 11) is 1.86. The van der Waals surface area contributed by atoms with E-state index in [4.69, 9.17) is 0 Å². The Morgan fingerprint density at radius 2 is 2.12 bits per heavy atom. The number of halogens is 2. The molecule has 5 nitrogen and oxygen atoms in total. The number of aromatic amines is 1. The monoisotopic (exact) mass is 356 g/mol. The van der Waals surface area contributed by atoms with E-state index in [9.17, 15) is 4.79 Å². The van der Waals surface area contributed by atoms with Gasteiger partial charge in [0.25, 0.3) is 0 Å². The van der Waals surface area contributed by atoms with E-state index in [1.807, 2.05) is 23.7 Å². The Kier molecular flexibility index (Phi) is 2.34. The molecular weight excluding hydrogens is 352 g/mol. The Morgan fingerprint density at radius 1 is 1.35 bits per heavy atom. The molecule has 0 saturated carbocycles. The maximum atomic E-state index is 11.2. The third-order valence-electron chi connectivity index (χ3n) is 2.62. The molecule has 1 N–H and O–H groups in total.